The lowest BCUT2D eigenvalue weighted by molar-refractivity contribution is 0.621. The Balaban J connectivity index is 1.14. The van der Waals surface area contributed by atoms with Crippen LogP contribution in [-0.4, -0.2) is 4.98 Å². The van der Waals surface area contributed by atoms with E-state index in [-0.39, 0.29) is 0 Å². The largest absolute Gasteiger partial charge is 0.456 e. The molecule has 2 heterocycles. The van der Waals surface area contributed by atoms with Crippen molar-refractivity contribution in [1.29, 1.82) is 0 Å². The standard InChI is InChI=1S/C55H36N2O2/c1-5-15-37(16-6-1)39-25-29-43(30-26-39)57(44-31-27-40(28-32-44)38-17-7-2-8-18-38)45-33-34-46(48(35-45)41-19-9-3-10-20-41)53-52-47-23-13-14-24-50(47)58-51(52)36-49-54(53)59-55(56-49)42-21-11-4-12-22-42/h1-36H. The number of nitrogens with zero attached hydrogens (tertiary/aromatic N) is 2. The predicted octanol–water partition coefficient (Wildman–Crippen LogP) is 15.5. The van der Waals surface area contributed by atoms with Crippen LogP contribution in [0.1, 0.15) is 0 Å². The lowest BCUT2D eigenvalue weighted by Gasteiger charge is -2.27. The fourth-order valence-electron chi connectivity index (χ4n) is 8.29. The number of rotatable bonds is 8. The summed E-state index contributed by atoms with van der Waals surface area (Å²) in [6, 6.07) is 76.4. The van der Waals surface area contributed by atoms with Crippen LogP contribution in [-0.2, 0) is 0 Å². The van der Waals surface area contributed by atoms with E-state index in [2.05, 4.69) is 175 Å². The van der Waals surface area contributed by atoms with Crippen LogP contribution in [0.2, 0.25) is 0 Å². The number of para-hydroxylation sites is 1. The van der Waals surface area contributed by atoms with E-state index in [1.54, 1.807) is 0 Å². The molecule has 0 aliphatic carbocycles. The zero-order valence-corrected chi connectivity index (χ0v) is 32.0. The third kappa shape index (κ3) is 6.24. The highest BCUT2D eigenvalue weighted by Gasteiger charge is 2.25. The maximum Gasteiger partial charge on any atom is 0.227 e. The first-order valence-corrected chi connectivity index (χ1v) is 19.9. The number of anilines is 3. The molecule has 0 aliphatic heterocycles. The minimum absolute atomic E-state index is 0.570. The summed E-state index contributed by atoms with van der Waals surface area (Å²) < 4.78 is 13.4. The van der Waals surface area contributed by atoms with Gasteiger partial charge in [-0.15, -0.1) is 0 Å². The number of furan rings is 1. The molecule has 0 saturated carbocycles. The van der Waals surface area contributed by atoms with E-state index >= 15 is 0 Å². The maximum absolute atomic E-state index is 6.81. The number of aromatic nitrogens is 1. The first kappa shape index (κ1) is 34.3. The predicted molar refractivity (Wildman–Crippen MR) is 243 cm³/mol. The van der Waals surface area contributed by atoms with E-state index in [0.717, 1.165) is 77.9 Å². The van der Waals surface area contributed by atoms with Crippen LogP contribution >= 0.6 is 0 Å². The summed E-state index contributed by atoms with van der Waals surface area (Å²) in [6.45, 7) is 0. The Kier molecular flexibility index (Phi) is 8.45. The van der Waals surface area contributed by atoms with Crippen molar-refractivity contribution in [3.63, 3.8) is 0 Å². The van der Waals surface area contributed by atoms with Crippen LogP contribution in [0.3, 0.4) is 0 Å². The molecule has 9 aromatic carbocycles. The molecule has 0 aliphatic rings. The Labute approximate surface area is 341 Å². The molecule has 0 spiro atoms. The van der Waals surface area contributed by atoms with Gasteiger partial charge in [0.25, 0.3) is 0 Å². The summed E-state index contributed by atoms with van der Waals surface area (Å²) in [5.74, 6) is 0.570. The Hall–Kier alpha value is -7.95. The summed E-state index contributed by atoms with van der Waals surface area (Å²) >= 11 is 0. The topological polar surface area (TPSA) is 42.4 Å². The van der Waals surface area contributed by atoms with Crippen LogP contribution in [0.5, 0.6) is 0 Å². The number of benzene rings is 9. The number of oxazole rings is 1. The molecule has 0 bridgehead atoms. The van der Waals surface area contributed by atoms with E-state index in [1.165, 1.54) is 22.3 Å². The smallest absolute Gasteiger partial charge is 0.227 e. The first-order chi connectivity index (χ1) is 29.2. The highest BCUT2D eigenvalue weighted by molar-refractivity contribution is 6.20. The third-order valence-corrected chi connectivity index (χ3v) is 11.1. The van der Waals surface area contributed by atoms with Gasteiger partial charge in [0.05, 0.1) is 0 Å². The van der Waals surface area contributed by atoms with Crippen molar-refractivity contribution >= 4 is 50.1 Å². The fraction of sp³-hybridized carbons (Fsp3) is 0. The van der Waals surface area contributed by atoms with Gasteiger partial charge in [-0.3, -0.25) is 0 Å². The van der Waals surface area contributed by atoms with Gasteiger partial charge in [0.15, 0.2) is 5.58 Å². The molecular formula is C55H36N2O2. The highest BCUT2D eigenvalue weighted by atomic mass is 16.4. The van der Waals surface area contributed by atoms with E-state index in [4.69, 9.17) is 13.8 Å². The zero-order valence-electron chi connectivity index (χ0n) is 32.0. The van der Waals surface area contributed by atoms with Gasteiger partial charge in [-0.1, -0.05) is 158 Å². The van der Waals surface area contributed by atoms with Gasteiger partial charge in [0.1, 0.15) is 16.7 Å². The van der Waals surface area contributed by atoms with E-state index in [9.17, 15) is 0 Å². The molecule has 0 unspecified atom stereocenters. The van der Waals surface area contributed by atoms with Crippen molar-refractivity contribution in [2.24, 2.45) is 0 Å². The average molecular weight is 757 g/mol. The van der Waals surface area contributed by atoms with Gasteiger partial charge in [0.2, 0.25) is 5.89 Å². The van der Waals surface area contributed by atoms with Gasteiger partial charge in [-0.2, -0.15) is 0 Å². The second-order valence-corrected chi connectivity index (χ2v) is 14.7. The molecule has 0 amide bonds. The fourth-order valence-corrected chi connectivity index (χ4v) is 8.29. The average Bonchev–Trinajstić information content (AvgIpc) is 3.92. The molecule has 0 saturated heterocycles. The molecule has 4 heteroatoms. The van der Waals surface area contributed by atoms with E-state index in [0.29, 0.717) is 5.89 Å². The van der Waals surface area contributed by atoms with Crippen LogP contribution in [0.4, 0.5) is 17.1 Å². The third-order valence-electron chi connectivity index (χ3n) is 11.1. The van der Waals surface area contributed by atoms with Crippen molar-refractivity contribution in [3.8, 4) is 56.0 Å². The number of hydrogen-bond donors (Lipinski definition) is 0. The quantitative estimate of drug-likeness (QED) is 0.155. The molecule has 0 fully saturated rings. The van der Waals surface area contributed by atoms with Gasteiger partial charge >= 0.3 is 0 Å². The SMILES string of the molecule is c1ccc(-c2ccc(N(c3ccc(-c4ccccc4)cc3)c3ccc(-c4c5oc(-c6ccccc6)nc5cc5oc6ccccc6c45)c(-c4ccccc4)c3)cc2)cc1. The summed E-state index contributed by atoms with van der Waals surface area (Å²) in [6.07, 6.45) is 0. The zero-order chi connectivity index (χ0) is 39.1. The molecule has 11 rings (SSSR count). The Morgan fingerprint density at radius 3 is 1.44 bits per heavy atom. The van der Waals surface area contributed by atoms with Crippen LogP contribution in [0.15, 0.2) is 227 Å². The van der Waals surface area contributed by atoms with Gasteiger partial charge in [-0.05, 0) is 93.5 Å². The van der Waals surface area contributed by atoms with Crippen LogP contribution in [0.25, 0.3) is 89.0 Å². The Bertz CT molecular complexity index is 3140. The minimum Gasteiger partial charge on any atom is -0.456 e. The Morgan fingerprint density at radius 2 is 0.847 bits per heavy atom. The second-order valence-electron chi connectivity index (χ2n) is 14.7. The van der Waals surface area contributed by atoms with Crippen LogP contribution in [0, 0.1) is 0 Å². The second kappa shape index (κ2) is 14.5. The maximum atomic E-state index is 6.81. The molecule has 11 aromatic rings. The van der Waals surface area contributed by atoms with Crippen molar-refractivity contribution < 1.29 is 8.83 Å². The van der Waals surface area contributed by atoms with Gasteiger partial charge in [-0.25, -0.2) is 4.98 Å². The van der Waals surface area contributed by atoms with Gasteiger partial charge < -0.3 is 13.7 Å². The Morgan fingerprint density at radius 1 is 0.356 bits per heavy atom. The molecule has 278 valence electrons. The van der Waals surface area contributed by atoms with Crippen molar-refractivity contribution in [1.82, 2.24) is 4.98 Å². The highest BCUT2D eigenvalue weighted by Crippen LogP contribution is 2.48. The van der Waals surface area contributed by atoms with E-state index in [1.807, 2.05) is 48.5 Å². The molecule has 59 heavy (non-hydrogen) atoms. The minimum atomic E-state index is 0.570. The molecule has 2 aromatic heterocycles. The molecule has 0 atom stereocenters. The summed E-state index contributed by atoms with van der Waals surface area (Å²) in [4.78, 5) is 7.38. The van der Waals surface area contributed by atoms with Crippen molar-refractivity contribution in [3.05, 3.63) is 218 Å². The lowest BCUT2D eigenvalue weighted by atomic mass is 9.90. The van der Waals surface area contributed by atoms with Crippen LogP contribution < -0.4 is 4.90 Å². The first-order valence-electron chi connectivity index (χ1n) is 19.9. The monoisotopic (exact) mass is 756 g/mol. The lowest BCUT2D eigenvalue weighted by Crippen LogP contribution is -2.10. The normalized spacial score (nSPS) is 11.4. The molecule has 0 N–H and O–H groups in total. The summed E-state index contributed by atoms with van der Waals surface area (Å²) in [7, 11) is 0. The van der Waals surface area contributed by atoms with Crippen molar-refractivity contribution in [2.45, 2.75) is 0 Å². The molecule has 4 nitrogen and oxygen atoms in total. The van der Waals surface area contributed by atoms with E-state index < -0.39 is 0 Å². The number of fused-ring (bicyclic) bond motifs is 4. The number of hydrogen-bond acceptors (Lipinski definition) is 4. The van der Waals surface area contributed by atoms with Crippen molar-refractivity contribution in [2.75, 3.05) is 4.90 Å². The summed E-state index contributed by atoms with van der Waals surface area (Å²) in [5.41, 5.74) is 15.9. The summed E-state index contributed by atoms with van der Waals surface area (Å²) in [5, 5.41) is 2.03. The van der Waals surface area contributed by atoms with Gasteiger partial charge in [0, 0.05) is 45.0 Å². The molecular weight excluding hydrogens is 721 g/mol. The molecule has 0 radical (unpaired) electrons.